The molecule has 4 rings (SSSR count). The molecular formula is C24H19FN4O2. The summed E-state index contributed by atoms with van der Waals surface area (Å²) in [7, 11) is 0. The maximum atomic E-state index is 13.4. The Morgan fingerprint density at radius 2 is 1.74 bits per heavy atom. The van der Waals surface area contributed by atoms with Crippen molar-refractivity contribution < 1.29 is 9.18 Å². The molecular weight excluding hydrogens is 395 g/mol. The van der Waals surface area contributed by atoms with Crippen LogP contribution < -0.4 is 10.9 Å². The van der Waals surface area contributed by atoms with E-state index in [1.807, 2.05) is 6.07 Å². The van der Waals surface area contributed by atoms with Gasteiger partial charge in [-0.05, 0) is 42.0 Å². The number of H-pyrrole nitrogens is 1. The molecule has 154 valence electrons. The molecule has 0 unspecified atom stereocenters. The highest BCUT2D eigenvalue weighted by Gasteiger charge is 2.18. The summed E-state index contributed by atoms with van der Waals surface area (Å²) in [5, 5.41) is 2.97. The predicted molar refractivity (Wildman–Crippen MR) is 115 cm³/mol. The largest absolute Gasteiger partial charge is 0.345 e. The number of carbonyl (C=O) groups excluding carboxylic acids is 1. The van der Waals surface area contributed by atoms with Crippen molar-refractivity contribution in [2.75, 3.05) is 0 Å². The van der Waals surface area contributed by atoms with Crippen LogP contribution in [0.1, 0.15) is 27.7 Å². The van der Waals surface area contributed by atoms with Crippen LogP contribution in [0.3, 0.4) is 0 Å². The van der Waals surface area contributed by atoms with Gasteiger partial charge in [0.1, 0.15) is 11.5 Å². The van der Waals surface area contributed by atoms with E-state index < -0.39 is 6.04 Å². The van der Waals surface area contributed by atoms with Gasteiger partial charge in [0.05, 0.1) is 11.7 Å². The summed E-state index contributed by atoms with van der Waals surface area (Å²) >= 11 is 0. The highest BCUT2D eigenvalue weighted by Crippen LogP contribution is 2.20. The Labute approximate surface area is 177 Å². The van der Waals surface area contributed by atoms with Gasteiger partial charge in [-0.15, -0.1) is 0 Å². The molecule has 2 aromatic carbocycles. The monoisotopic (exact) mass is 414 g/mol. The third-order valence-electron chi connectivity index (χ3n) is 4.73. The molecule has 31 heavy (non-hydrogen) atoms. The molecule has 0 saturated carbocycles. The van der Waals surface area contributed by atoms with Gasteiger partial charge in [-0.3, -0.25) is 14.6 Å². The molecule has 6 nitrogen and oxygen atoms in total. The smallest absolute Gasteiger partial charge is 0.251 e. The maximum Gasteiger partial charge on any atom is 0.251 e. The number of aromatic amines is 1. The first-order valence-electron chi connectivity index (χ1n) is 9.71. The fourth-order valence-corrected chi connectivity index (χ4v) is 3.22. The van der Waals surface area contributed by atoms with Gasteiger partial charge in [0.2, 0.25) is 0 Å². The third-order valence-corrected chi connectivity index (χ3v) is 4.73. The number of hydrogen-bond acceptors (Lipinski definition) is 4. The average Bonchev–Trinajstić information content (AvgIpc) is 2.80. The number of amides is 1. The lowest BCUT2D eigenvalue weighted by Crippen LogP contribution is -2.30. The number of benzene rings is 2. The number of carbonyl (C=O) groups is 1. The molecule has 2 N–H and O–H groups in total. The van der Waals surface area contributed by atoms with Gasteiger partial charge in [0.25, 0.3) is 11.5 Å². The van der Waals surface area contributed by atoms with Crippen LogP contribution in [0, 0.1) is 5.82 Å². The molecule has 0 fully saturated rings. The number of nitrogens with zero attached hydrogens (tertiary/aromatic N) is 2. The van der Waals surface area contributed by atoms with Gasteiger partial charge in [-0.2, -0.15) is 0 Å². The Morgan fingerprint density at radius 1 is 1.00 bits per heavy atom. The van der Waals surface area contributed by atoms with Crippen molar-refractivity contribution in [2.24, 2.45) is 0 Å². The van der Waals surface area contributed by atoms with Gasteiger partial charge in [0, 0.05) is 24.2 Å². The van der Waals surface area contributed by atoms with Crippen molar-refractivity contribution >= 4 is 5.91 Å². The maximum absolute atomic E-state index is 13.4. The first kappa shape index (κ1) is 20.2. The van der Waals surface area contributed by atoms with Crippen molar-refractivity contribution in [3.63, 3.8) is 0 Å². The molecule has 2 aromatic heterocycles. The van der Waals surface area contributed by atoms with E-state index in [-0.39, 0.29) is 23.7 Å². The quantitative estimate of drug-likeness (QED) is 0.504. The number of pyridine rings is 1. The van der Waals surface area contributed by atoms with Crippen LogP contribution in [0.25, 0.3) is 11.5 Å². The van der Waals surface area contributed by atoms with Gasteiger partial charge < -0.3 is 10.3 Å². The fraction of sp³-hybridized carbons (Fsp3) is 0.0833. The van der Waals surface area contributed by atoms with E-state index in [9.17, 15) is 14.0 Å². The Hall–Kier alpha value is -4.13. The van der Waals surface area contributed by atoms with Crippen molar-refractivity contribution in [3.05, 3.63) is 118 Å². The lowest BCUT2D eigenvalue weighted by molar-refractivity contribution is 0.0936. The molecule has 0 spiro atoms. The molecule has 0 aliphatic heterocycles. The van der Waals surface area contributed by atoms with Gasteiger partial charge in [0.15, 0.2) is 5.82 Å². The van der Waals surface area contributed by atoms with E-state index in [2.05, 4.69) is 20.3 Å². The summed E-state index contributed by atoms with van der Waals surface area (Å²) in [5.41, 5.74) is 1.90. The molecule has 0 aliphatic rings. The topological polar surface area (TPSA) is 87.7 Å². The van der Waals surface area contributed by atoms with E-state index in [1.54, 1.807) is 60.8 Å². The second kappa shape index (κ2) is 9.13. The van der Waals surface area contributed by atoms with Crippen LogP contribution in [-0.2, 0) is 6.42 Å². The first-order chi connectivity index (χ1) is 15.1. The molecule has 1 amide bonds. The number of rotatable bonds is 6. The first-order valence-corrected chi connectivity index (χ1v) is 9.71. The van der Waals surface area contributed by atoms with Crippen LogP contribution >= 0.6 is 0 Å². The normalized spacial score (nSPS) is 11.6. The molecule has 0 radical (unpaired) electrons. The van der Waals surface area contributed by atoms with Crippen LogP contribution in [0.15, 0.2) is 89.9 Å². The summed E-state index contributed by atoms with van der Waals surface area (Å²) in [6.07, 6.45) is 1.86. The summed E-state index contributed by atoms with van der Waals surface area (Å²) in [6, 6.07) is 20.9. The van der Waals surface area contributed by atoms with Crippen LogP contribution in [0.5, 0.6) is 0 Å². The minimum absolute atomic E-state index is 0.244. The highest BCUT2D eigenvalue weighted by molar-refractivity contribution is 5.94. The highest BCUT2D eigenvalue weighted by atomic mass is 19.1. The lowest BCUT2D eigenvalue weighted by atomic mass is 10.0. The van der Waals surface area contributed by atoms with E-state index in [0.717, 1.165) is 0 Å². The molecule has 2 heterocycles. The van der Waals surface area contributed by atoms with Crippen LogP contribution in [0.2, 0.25) is 0 Å². The van der Waals surface area contributed by atoms with Gasteiger partial charge in [-0.1, -0.05) is 36.4 Å². The molecule has 1 atom stereocenters. The molecule has 7 heteroatoms. The third kappa shape index (κ3) is 5.08. The number of halogens is 1. The second-order valence-electron chi connectivity index (χ2n) is 6.95. The Kier molecular flexibility index (Phi) is 5.93. The summed E-state index contributed by atoms with van der Waals surface area (Å²) in [4.78, 5) is 36.4. The Bertz CT molecular complexity index is 1230. The summed E-state index contributed by atoms with van der Waals surface area (Å²) < 4.78 is 13.4. The minimum Gasteiger partial charge on any atom is -0.345 e. The van der Waals surface area contributed by atoms with E-state index in [1.165, 1.54) is 18.2 Å². The van der Waals surface area contributed by atoms with Crippen molar-refractivity contribution in [2.45, 2.75) is 12.5 Å². The van der Waals surface area contributed by atoms with E-state index in [4.69, 9.17) is 0 Å². The average molecular weight is 414 g/mol. The molecule has 4 aromatic rings. The zero-order valence-electron chi connectivity index (χ0n) is 16.5. The molecule has 0 bridgehead atoms. The Morgan fingerprint density at radius 3 is 2.45 bits per heavy atom. The second-order valence-corrected chi connectivity index (χ2v) is 6.95. The van der Waals surface area contributed by atoms with Crippen LogP contribution in [-0.4, -0.2) is 20.9 Å². The zero-order valence-corrected chi connectivity index (χ0v) is 16.5. The number of aromatic nitrogens is 3. The summed E-state index contributed by atoms with van der Waals surface area (Å²) in [5.74, 6) is -0.302. The standard InChI is InChI=1S/C24H19FN4O2/c25-18-11-9-16(10-12-18)21(28-24(31)17-6-2-1-3-7-17)14-19-15-22(30)29-23(27-19)20-8-4-5-13-26-20/h1-13,15,21H,14H2,(H,28,31)(H,27,29,30)/t21-/m1/s1. The summed E-state index contributed by atoms with van der Waals surface area (Å²) in [6.45, 7) is 0. The predicted octanol–water partition coefficient (Wildman–Crippen LogP) is 3.68. The van der Waals surface area contributed by atoms with Gasteiger partial charge in [-0.25, -0.2) is 9.37 Å². The Balaban J connectivity index is 1.66. The minimum atomic E-state index is -0.515. The number of hydrogen-bond donors (Lipinski definition) is 2. The van der Waals surface area contributed by atoms with Crippen molar-refractivity contribution in [3.8, 4) is 11.5 Å². The van der Waals surface area contributed by atoms with Crippen LogP contribution in [0.4, 0.5) is 4.39 Å². The fourth-order valence-electron chi connectivity index (χ4n) is 3.22. The van der Waals surface area contributed by atoms with Crippen molar-refractivity contribution in [1.82, 2.24) is 20.3 Å². The van der Waals surface area contributed by atoms with Crippen molar-refractivity contribution in [1.29, 1.82) is 0 Å². The van der Waals surface area contributed by atoms with E-state index >= 15 is 0 Å². The zero-order chi connectivity index (χ0) is 21.6. The van der Waals surface area contributed by atoms with E-state index in [0.29, 0.717) is 28.3 Å². The lowest BCUT2D eigenvalue weighted by Gasteiger charge is -2.19. The molecule has 0 saturated heterocycles. The number of nitrogens with one attached hydrogen (secondary N) is 2. The SMILES string of the molecule is O=C(N[C@H](Cc1cc(=O)[nH]c(-c2ccccn2)n1)c1ccc(F)cc1)c1ccccc1. The van der Waals surface area contributed by atoms with Gasteiger partial charge >= 0.3 is 0 Å². The molecule has 0 aliphatic carbocycles.